The minimum absolute atomic E-state index is 0.494. The molecule has 2 aromatic heterocycles. The third-order valence-corrected chi connectivity index (χ3v) is 6.16. The Bertz CT molecular complexity index is 612. The molecular weight excluding hydrogens is 320 g/mol. The first kappa shape index (κ1) is 13.6. The van der Waals surface area contributed by atoms with Crippen LogP contribution < -0.4 is 0 Å². The Balaban J connectivity index is 1.90. The number of halogens is 1. The van der Waals surface area contributed by atoms with E-state index < -0.39 is 0 Å². The van der Waals surface area contributed by atoms with E-state index in [0.29, 0.717) is 11.1 Å². The van der Waals surface area contributed by atoms with E-state index in [9.17, 15) is 0 Å². The van der Waals surface area contributed by atoms with Crippen LogP contribution in [0.5, 0.6) is 0 Å². The third kappa shape index (κ3) is 3.04. The molecule has 0 aromatic carbocycles. The monoisotopic (exact) mass is 330 g/mol. The molecule has 1 fully saturated rings. The number of hydrogen-bond acceptors (Lipinski definition) is 7. The maximum absolute atomic E-state index is 6.19. The zero-order chi connectivity index (χ0) is 13.4. The average Bonchev–Trinajstić information content (AvgIpc) is 3.15. The number of aromatic nitrogens is 4. The van der Waals surface area contributed by atoms with Gasteiger partial charge in [-0.3, -0.25) is 0 Å². The molecular formula is C11H11ClN4S3. The smallest absolute Gasteiger partial charge is 0.181 e. The van der Waals surface area contributed by atoms with Crippen molar-refractivity contribution >= 4 is 46.5 Å². The summed E-state index contributed by atoms with van der Waals surface area (Å²) < 4.78 is 1.85. The van der Waals surface area contributed by atoms with Gasteiger partial charge in [0.2, 0.25) is 0 Å². The Labute approximate surface area is 128 Å². The zero-order valence-electron chi connectivity index (χ0n) is 10.4. The van der Waals surface area contributed by atoms with E-state index in [4.69, 9.17) is 11.6 Å². The fraction of sp³-hybridized carbons (Fsp3) is 0.455. The van der Waals surface area contributed by atoms with Crippen LogP contribution >= 0.6 is 46.5 Å². The van der Waals surface area contributed by atoms with Crippen molar-refractivity contribution in [2.75, 3.05) is 6.26 Å². The van der Waals surface area contributed by atoms with Crippen LogP contribution in [-0.4, -0.2) is 26.4 Å². The van der Waals surface area contributed by atoms with Crippen LogP contribution in [0.25, 0.3) is 0 Å². The van der Waals surface area contributed by atoms with E-state index in [1.165, 1.54) is 24.6 Å². The minimum Gasteiger partial charge on any atom is -0.225 e. The van der Waals surface area contributed by atoms with Crippen molar-refractivity contribution in [1.82, 2.24) is 20.2 Å². The fourth-order valence-electron chi connectivity index (χ4n) is 1.51. The Morgan fingerprint density at radius 3 is 2.58 bits per heavy atom. The summed E-state index contributed by atoms with van der Waals surface area (Å²) in [5, 5.41) is 9.68. The Hall–Kier alpha value is -0.370. The molecule has 1 aliphatic rings. The molecule has 0 spiro atoms. The van der Waals surface area contributed by atoms with Gasteiger partial charge in [0, 0.05) is 11.5 Å². The van der Waals surface area contributed by atoms with E-state index in [0.717, 1.165) is 25.1 Å². The molecule has 1 saturated carbocycles. The first-order valence-corrected chi connectivity index (χ1v) is 9.00. The molecule has 0 amide bonds. The van der Waals surface area contributed by atoms with Crippen LogP contribution in [0.4, 0.5) is 0 Å². The van der Waals surface area contributed by atoms with Gasteiger partial charge in [-0.2, -0.15) is 0 Å². The van der Waals surface area contributed by atoms with Crippen molar-refractivity contribution in [2.45, 2.75) is 39.4 Å². The highest BCUT2D eigenvalue weighted by Gasteiger charge is 2.28. The van der Waals surface area contributed by atoms with Crippen molar-refractivity contribution in [3.05, 3.63) is 16.5 Å². The van der Waals surface area contributed by atoms with Gasteiger partial charge in [0.05, 0.1) is 0 Å². The molecule has 0 aliphatic heterocycles. The van der Waals surface area contributed by atoms with Crippen molar-refractivity contribution in [3.8, 4) is 0 Å². The average molecular weight is 331 g/mol. The summed E-state index contributed by atoms with van der Waals surface area (Å²) >= 11 is 10.9. The summed E-state index contributed by atoms with van der Waals surface area (Å²) in [6, 6.07) is 0. The molecule has 0 N–H and O–H groups in total. The second-order valence-electron chi connectivity index (χ2n) is 4.22. The van der Waals surface area contributed by atoms with Crippen LogP contribution in [0.1, 0.15) is 30.1 Å². The quantitative estimate of drug-likeness (QED) is 0.623. The third-order valence-electron chi connectivity index (χ3n) is 2.75. The van der Waals surface area contributed by atoms with E-state index in [-0.39, 0.29) is 0 Å². The summed E-state index contributed by atoms with van der Waals surface area (Å²) in [7, 11) is 0. The van der Waals surface area contributed by atoms with Crippen molar-refractivity contribution in [1.29, 1.82) is 0 Å². The van der Waals surface area contributed by atoms with Gasteiger partial charge >= 0.3 is 0 Å². The first-order chi connectivity index (χ1) is 9.17. The maximum atomic E-state index is 6.19. The lowest BCUT2D eigenvalue weighted by Crippen LogP contribution is -1.98. The second-order valence-corrected chi connectivity index (χ2v) is 7.84. The van der Waals surface area contributed by atoms with E-state index in [1.807, 2.05) is 13.2 Å². The summed E-state index contributed by atoms with van der Waals surface area (Å²) in [6.45, 7) is 1.94. The second kappa shape index (κ2) is 5.55. The SMILES string of the molecule is CSc1nnc(Sc2nc(C3CC3)nc(Cl)c2C)s1. The summed E-state index contributed by atoms with van der Waals surface area (Å²) in [5.74, 6) is 1.36. The topological polar surface area (TPSA) is 51.6 Å². The lowest BCUT2D eigenvalue weighted by Gasteiger charge is -2.06. The van der Waals surface area contributed by atoms with Crippen molar-refractivity contribution < 1.29 is 0 Å². The Morgan fingerprint density at radius 1 is 1.21 bits per heavy atom. The zero-order valence-corrected chi connectivity index (χ0v) is 13.6. The van der Waals surface area contributed by atoms with Crippen molar-refractivity contribution in [2.24, 2.45) is 0 Å². The number of thioether (sulfide) groups is 1. The van der Waals surface area contributed by atoms with Crippen molar-refractivity contribution in [3.63, 3.8) is 0 Å². The fourth-order valence-corrected chi connectivity index (χ4v) is 4.18. The molecule has 1 aliphatic carbocycles. The highest BCUT2D eigenvalue weighted by atomic mass is 35.5. The molecule has 19 heavy (non-hydrogen) atoms. The summed E-state index contributed by atoms with van der Waals surface area (Å²) in [4.78, 5) is 8.99. The first-order valence-electron chi connectivity index (χ1n) is 5.76. The Morgan fingerprint density at radius 2 is 1.95 bits per heavy atom. The van der Waals surface area contributed by atoms with Gasteiger partial charge in [-0.15, -0.1) is 10.2 Å². The molecule has 2 heterocycles. The molecule has 0 unspecified atom stereocenters. The molecule has 4 nitrogen and oxygen atoms in total. The molecule has 0 bridgehead atoms. The van der Waals surface area contributed by atoms with Crippen LogP contribution in [0.15, 0.2) is 13.7 Å². The van der Waals surface area contributed by atoms with E-state index >= 15 is 0 Å². The van der Waals surface area contributed by atoms with Gasteiger partial charge in [-0.1, -0.05) is 34.7 Å². The van der Waals surface area contributed by atoms with Gasteiger partial charge in [0.25, 0.3) is 0 Å². The van der Waals surface area contributed by atoms with Gasteiger partial charge in [0.1, 0.15) is 16.0 Å². The van der Waals surface area contributed by atoms with Crippen LogP contribution in [0.2, 0.25) is 5.15 Å². The van der Waals surface area contributed by atoms with Crippen LogP contribution in [-0.2, 0) is 0 Å². The lowest BCUT2D eigenvalue weighted by molar-refractivity contribution is 0.860. The summed E-state index contributed by atoms with van der Waals surface area (Å²) in [5.41, 5.74) is 0.914. The molecule has 0 atom stereocenters. The minimum atomic E-state index is 0.494. The summed E-state index contributed by atoms with van der Waals surface area (Å²) in [6.07, 6.45) is 4.32. The highest BCUT2D eigenvalue weighted by molar-refractivity contribution is 8.03. The molecule has 3 rings (SSSR count). The Kier molecular flexibility index (Phi) is 3.98. The molecule has 0 saturated heterocycles. The van der Waals surface area contributed by atoms with Gasteiger partial charge in [-0.05, 0) is 37.8 Å². The molecule has 8 heteroatoms. The van der Waals surface area contributed by atoms with Crippen LogP contribution in [0, 0.1) is 6.92 Å². The van der Waals surface area contributed by atoms with Gasteiger partial charge < -0.3 is 0 Å². The standard InChI is InChI=1S/C11H11ClN4S3/c1-5-7(12)13-8(6-3-4-6)14-9(5)18-11-16-15-10(17-2)19-11/h6H,3-4H2,1-2H3. The number of rotatable bonds is 4. The van der Waals surface area contributed by atoms with E-state index in [1.54, 1.807) is 23.1 Å². The predicted octanol–water partition coefficient (Wildman–Crippen LogP) is 4.04. The van der Waals surface area contributed by atoms with E-state index in [2.05, 4.69) is 20.2 Å². The van der Waals surface area contributed by atoms with Gasteiger partial charge in [0.15, 0.2) is 8.68 Å². The molecule has 0 radical (unpaired) electrons. The highest BCUT2D eigenvalue weighted by Crippen LogP contribution is 2.41. The lowest BCUT2D eigenvalue weighted by atomic mass is 10.3. The normalized spacial score (nSPS) is 14.9. The predicted molar refractivity (Wildman–Crippen MR) is 79.6 cm³/mol. The molecule has 100 valence electrons. The van der Waals surface area contributed by atoms with Gasteiger partial charge in [-0.25, -0.2) is 9.97 Å². The number of nitrogens with zero attached hydrogens (tertiary/aromatic N) is 4. The van der Waals surface area contributed by atoms with Crippen LogP contribution in [0.3, 0.4) is 0 Å². The number of hydrogen-bond donors (Lipinski definition) is 0. The maximum Gasteiger partial charge on any atom is 0.181 e. The largest absolute Gasteiger partial charge is 0.225 e. The molecule has 2 aromatic rings.